The van der Waals surface area contributed by atoms with Gasteiger partial charge in [0.25, 0.3) is 5.91 Å². The Hall–Kier alpha value is -3.01. The Kier molecular flexibility index (Phi) is 3.86. The molecule has 1 unspecified atom stereocenters. The fourth-order valence-electron chi connectivity index (χ4n) is 1.75. The molecule has 0 saturated carbocycles. The number of carbonyl (C=O) groups excluding carboxylic acids is 1. The van der Waals surface area contributed by atoms with Gasteiger partial charge in [-0.2, -0.15) is 5.26 Å². The van der Waals surface area contributed by atoms with E-state index in [1.165, 1.54) is 0 Å². The van der Waals surface area contributed by atoms with Gasteiger partial charge in [-0.15, -0.1) is 4.99 Å². The van der Waals surface area contributed by atoms with E-state index in [1.807, 2.05) is 6.07 Å². The van der Waals surface area contributed by atoms with E-state index < -0.39 is 6.17 Å². The Bertz CT molecular complexity index is 663. The third kappa shape index (κ3) is 3.05. The topological polar surface area (TPSA) is 119 Å². The lowest BCUT2D eigenvalue weighted by Crippen LogP contribution is -2.48. The molecule has 1 aromatic carbocycles. The maximum absolute atomic E-state index is 12.0. The molecule has 1 amide bonds. The number of aliphatic imine (C=N–C) groups is 1. The molecule has 2 rings (SSSR count). The molecule has 2 aromatic rings. The van der Waals surface area contributed by atoms with Gasteiger partial charge in [-0.25, -0.2) is 0 Å². The zero-order valence-corrected chi connectivity index (χ0v) is 10.8. The number of benzene rings is 1. The molecule has 1 heterocycles. The molecule has 1 radical (unpaired) electrons. The van der Waals surface area contributed by atoms with E-state index in [0.29, 0.717) is 5.69 Å². The SMILES string of the molecule is CC(NC(=O)c1cc2cc[c]cc2[nH]1)NC(N)=NC#N. The minimum Gasteiger partial charge on any atom is -0.369 e. The molecule has 1 atom stereocenters. The van der Waals surface area contributed by atoms with Crippen LogP contribution in [0.1, 0.15) is 17.4 Å². The summed E-state index contributed by atoms with van der Waals surface area (Å²) >= 11 is 0. The summed E-state index contributed by atoms with van der Waals surface area (Å²) in [7, 11) is 0. The second-order valence-electron chi connectivity index (χ2n) is 4.13. The number of hydrogen-bond acceptors (Lipinski definition) is 3. The van der Waals surface area contributed by atoms with Gasteiger partial charge in [-0.05, 0) is 25.1 Å². The highest BCUT2D eigenvalue weighted by Gasteiger charge is 2.12. The van der Waals surface area contributed by atoms with Crippen LogP contribution in [0, 0.1) is 17.5 Å². The lowest BCUT2D eigenvalue weighted by molar-refractivity contribution is 0.0933. The van der Waals surface area contributed by atoms with Crippen molar-refractivity contribution < 1.29 is 4.79 Å². The highest BCUT2D eigenvalue weighted by Crippen LogP contribution is 2.14. The number of fused-ring (bicyclic) bond motifs is 1. The number of nitrogens with zero attached hydrogens (tertiary/aromatic N) is 2. The first-order valence-corrected chi connectivity index (χ1v) is 5.88. The molecule has 5 N–H and O–H groups in total. The Balaban J connectivity index is 2.04. The number of hydrogen-bond donors (Lipinski definition) is 4. The fraction of sp³-hybridized carbons (Fsp3) is 0.154. The minimum atomic E-state index is -0.461. The van der Waals surface area contributed by atoms with Crippen molar-refractivity contribution in [2.45, 2.75) is 13.1 Å². The molecule has 7 nitrogen and oxygen atoms in total. The van der Waals surface area contributed by atoms with Crippen LogP contribution in [0.15, 0.2) is 29.3 Å². The van der Waals surface area contributed by atoms with Crippen LogP contribution >= 0.6 is 0 Å². The third-order valence-corrected chi connectivity index (χ3v) is 2.59. The van der Waals surface area contributed by atoms with Crippen molar-refractivity contribution in [3.05, 3.63) is 36.0 Å². The predicted molar refractivity (Wildman–Crippen MR) is 74.4 cm³/mol. The average molecular weight is 269 g/mol. The first kappa shape index (κ1) is 13.4. The Morgan fingerprint density at radius 3 is 3.10 bits per heavy atom. The summed E-state index contributed by atoms with van der Waals surface area (Å²) < 4.78 is 0. The summed E-state index contributed by atoms with van der Waals surface area (Å²) in [6.45, 7) is 1.69. The molecule has 101 valence electrons. The van der Waals surface area contributed by atoms with Crippen LogP contribution < -0.4 is 16.4 Å². The largest absolute Gasteiger partial charge is 0.369 e. The van der Waals surface area contributed by atoms with Crippen molar-refractivity contribution in [1.29, 1.82) is 5.26 Å². The van der Waals surface area contributed by atoms with E-state index in [4.69, 9.17) is 11.0 Å². The van der Waals surface area contributed by atoms with Crippen molar-refractivity contribution >= 4 is 22.8 Å². The van der Waals surface area contributed by atoms with Gasteiger partial charge in [0.05, 0.1) is 6.17 Å². The smallest absolute Gasteiger partial charge is 0.269 e. The van der Waals surface area contributed by atoms with Gasteiger partial charge >= 0.3 is 0 Å². The number of carbonyl (C=O) groups is 1. The zero-order valence-electron chi connectivity index (χ0n) is 10.8. The van der Waals surface area contributed by atoms with Crippen LogP contribution in [0.3, 0.4) is 0 Å². The third-order valence-electron chi connectivity index (χ3n) is 2.59. The van der Waals surface area contributed by atoms with E-state index in [0.717, 1.165) is 10.9 Å². The van der Waals surface area contributed by atoms with E-state index in [1.54, 1.807) is 31.3 Å². The fourth-order valence-corrected chi connectivity index (χ4v) is 1.75. The maximum Gasteiger partial charge on any atom is 0.269 e. The van der Waals surface area contributed by atoms with Crippen LogP contribution in [-0.2, 0) is 0 Å². The normalized spacial score (nSPS) is 12.7. The Morgan fingerprint density at radius 2 is 2.40 bits per heavy atom. The second kappa shape index (κ2) is 5.75. The molecule has 0 fully saturated rings. The molecule has 0 aliphatic carbocycles. The van der Waals surface area contributed by atoms with Crippen molar-refractivity contribution in [3.63, 3.8) is 0 Å². The molecular weight excluding hydrogens is 256 g/mol. The van der Waals surface area contributed by atoms with Gasteiger partial charge in [-0.3, -0.25) is 4.79 Å². The van der Waals surface area contributed by atoms with Crippen LogP contribution in [0.25, 0.3) is 10.9 Å². The standard InChI is InChI=1S/C13H13N6O/c1-8(18-13(15)16-7-14)17-12(20)11-6-9-4-2-3-5-10(9)19-11/h2,4-6,8,19H,1H3,(H,17,20)(H3,15,16,18). The number of guanidine groups is 1. The van der Waals surface area contributed by atoms with Gasteiger partial charge in [-0.1, -0.05) is 12.1 Å². The molecule has 0 aliphatic rings. The molecule has 0 saturated heterocycles. The minimum absolute atomic E-state index is 0.0495. The van der Waals surface area contributed by atoms with Gasteiger partial charge in [0, 0.05) is 10.9 Å². The number of aromatic amines is 1. The van der Waals surface area contributed by atoms with E-state index in [2.05, 4.69) is 26.7 Å². The number of rotatable bonds is 3. The van der Waals surface area contributed by atoms with Crippen LogP contribution in [-0.4, -0.2) is 23.0 Å². The van der Waals surface area contributed by atoms with Crippen molar-refractivity contribution in [2.24, 2.45) is 10.7 Å². The quantitative estimate of drug-likeness (QED) is 0.279. The maximum atomic E-state index is 12.0. The average Bonchev–Trinajstić information content (AvgIpc) is 2.82. The molecule has 20 heavy (non-hydrogen) atoms. The number of amides is 1. The summed E-state index contributed by atoms with van der Waals surface area (Å²) in [5.74, 6) is -0.336. The van der Waals surface area contributed by atoms with Crippen LogP contribution in [0.2, 0.25) is 0 Å². The molecule has 7 heteroatoms. The van der Waals surface area contributed by atoms with Crippen molar-refractivity contribution in [1.82, 2.24) is 15.6 Å². The van der Waals surface area contributed by atoms with Crippen LogP contribution in [0.4, 0.5) is 0 Å². The van der Waals surface area contributed by atoms with E-state index in [-0.39, 0.29) is 11.9 Å². The molecule has 0 spiro atoms. The monoisotopic (exact) mass is 269 g/mol. The van der Waals surface area contributed by atoms with E-state index >= 15 is 0 Å². The lowest BCUT2D eigenvalue weighted by atomic mass is 10.2. The zero-order chi connectivity index (χ0) is 14.5. The van der Waals surface area contributed by atoms with Crippen molar-refractivity contribution in [3.8, 4) is 6.19 Å². The molecular formula is C13H13N6O. The van der Waals surface area contributed by atoms with Crippen LogP contribution in [0.5, 0.6) is 0 Å². The first-order valence-electron chi connectivity index (χ1n) is 5.88. The summed E-state index contributed by atoms with van der Waals surface area (Å²) in [5.41, 5.74) is 6.69. The summed E-state index contributed by atoms with van der Waals surface area (Å²) in [4.78, 5) is 18.3. The number of H-pyrrole nitrogens is 1. The Labute approximate surface area is 115 Å². The molecule has 1 aromatic heterocycles. The van der Waals surface area contributed by atoms with Gasteiger partial charge in [0.15, 0.2) is 0 Å². The number of nitrogens with one attached hydrogen (secondary N) is 3. The van der Waals surface area contributed by atoms with E-state index in [9.17, 15) is 4.79 Å². The summed E-state index contributed by atoms with van der Waals surface area (Å²) in [6, 6.07) is 10.1. The summed E-state index contributed by atoms with van der Waals surface area (Å²) in [6.07, 6.45) is 1.09. The molecule has 0 bridgehead atoms. The Morgan fingerprint density at radius 1 is 1.60 bits per heavy atom. The predicted octanol–water partition coefficient (Wildman–Crippen LogP) is 0.429. The number of nitriles is 1. The van der Waals surface area contributed by atoms with Gasteiger partial charge in [0.1, 0.15) is 5.69 Å². The molecule has 0 aliphatic heterocycles. The van der Waals surface area contributed by atoms with Crippen molar-refractivity contribution in [2.75, 3.05) is 0 Å². The highest BCUT2D eigenvalue weighted by atomic mass is 16.2. The first-order chi connectivity index (χ1) is 9.60. The van der Waals surface area contributed by atoms with Gasteiger partial charge in [0.2, 0.25) is 12.2 Å². The highest BCUT2D eigenvalue weighted by molar-refractivity contribution is 5.98. The van der Waals surface area contributed by atoms with Gasteiger partial charge < -0.3 is 21.4 Å². The lowest BCUT2D eigenvalue weighted by Gasteiger charge is -2.14. The summed E-state index contributed by atoms with van der Waals surface area (Å²) in [5, 5.41) is 14.6. The number of aromatic nitrogens is 1. The second-order valence-corrected chi connectivity index (χ2v) is 4.13. The number of nitrogens with two attached hydrogens (primary N) is 1.